The monoisotopic (exact) mass is 428 g/mol. The number of pyridine rings is 2. The highest BCUT2D eigenvalue weighted by atomic mass is 35.5. The number of hydrogen-bond donors (Lipinski definition) is 0. The summed E-state index contributed by atoms with van der Waals surface area (Å²) in [5.41, 5.74) is 1.76. The summed E-state index contributed by atoms with van der Waals surface area (Å²) in [6, 6.07) is 7.17. The van der Waals surface area contributed by atoms with Crippen molar-refractivity contribution in [1.82, 2.24) is 28.7 Å². The summed E-state index contributed by atoms with van der Waals surface area (Å²) in [5.74, 6) is 1.24. The highest BCUT2D eigenvalue weighted by Crippen LogP contribution is 2.22. The maximum absolute atomic E-state index is 5.71. The predicted octanol–water partition coefficient (Wildman–Crippen LogP) is 5.16. The molecule has 0 unspecified atom stereocenters. The van der Waals surface area contributed by atoms with E-state index in [0.717, 1.165) is 22.7 Å². The Hall–Kier alpha value is -1.71. The number of nitrogens with zero attached hydrogens (tertiary/aromatic N) is 6. The second kappa shape index (κ2) is 8.59. The summed E-state index contributed by atoms with van der Waals surface area (Å²) in [6.45, 7) is 0. The molecule has 0 amide bonds. The van der Waals surface area contributed by atoms with Gasteiger partial charge in [0.15, 0.2) is 11.6 Å². The summed E-state index contributed by atoms with van der Waals surface area (Å²) < 4.78 is 8.98. The molecule has 4 aromatic rings. The maximum atomic E-state index is 5.71. The average molecular weight is 430 g/mol. The molecule has 0 saturated carbocycles. The van der Waals surface area contributed by atoms with Gasteiger partial charge in [0.2, 0.25) is 8.93 Å². The van der Waals surface area contributed by atoms with Crippen LogP contribution < -0.4 is 0 Å². The molecule has 0 saturated heterocycles. The van der Waals surface area contributed by atoms with E-state index >= 15 is 0 Å². The summed E-state index contributed by atoms with van der Waals surface area (Å²) in [6.07, 6.45) is 5.00. The highest BCUT2D eigenvalue weighted by Gasteiger charge is 2.05. The van der Waals surface area contributed by atoms with E-state index in [4.69, 9.17) is 34.8 Å². The molecule has 126 valence electrons. The lowest BCUT2D eigenvalue weighted by atomic mass is 10.3. The molecule has 0 aliphatic rings. The molecule has 0 fully saturated rings. The van der Waals surface area contributed by atoms with Gasteiger partial charge in [-0.1, -0.05) is 11.6 Å². The molecule has 0 atom stereocenters. The van der Waals surface area contributed by atoms with Crippen LogP contribution in [-0.4, -0.2) is 28.7 Å². The van der Waals surface area contributed by atoms with Crippen LogP contribution >= 0.6 is 57.9 Å². The first-order valence-electron chi connectivity index (χ1n) is 6.62. The van der Waals surface area contributed by atoms with Crippen LogP contribution in [0, 0.1) is 0 Å². The van der Waals surface area contributed by atoms with Crippen molar-refractivity contribution in [3.63, 3.8) is 0 Å². The van der Waals surface area contributed by atoms with Crippen molar-refractivity contribution >= 4 is 57.9 Å². The Labute approximate surface area is 165 Å². The van der Waals surface area contributed by atoms with Crippen LogP contribution in [0.3, 0.4) is 0 Å². The molecule has 25 heavy (non-hydrogen) atoms. The van der Waals surface area contributed by atoms with E-state index < -0.39 is 0 Å². The summed E-state index contributed by atoms with van der Waals surface area (Å²) >= 11 is 19.3. The van der Waals surface area contributed by atoms with E-state index in [1.165, 1.54) is 11.5 Å². The third kappa shape index (κ3) is 5.13. The second-order valence-corrected chi connectivity index (χ2v) is 7.40. The highest BCUT2D eigenvalue weighted by molar-refractivity contribution is 7.10. The molecule has 0 N–H and O–H groups in total. The zero-order valence-electron chi connectivity index (χ0n) is 12.2. The quantitative estimate of drug-likeness (QED) is 0.410. The molecule has 0 aliphatic heterocycles. The second-order valence-electron chi connectivity index (χ2n) is 4.35. The Morgan fingerprint density at radius 3 is 1.80 bits per heavy atom. The minimum atomic E-state index is 0.419. The molecular weight excluding hydrogens is 423 g/mol. The van der Waals surface area contributed by atoms with E-state index in [1.54, 1.807) is 30.7 Å². The predicted molar refractivity (Wildman–Crippen MR) is 101 cm³/mol. The minimum absolute atomic E-state index is 0.419. The first kappa shape index (κ1) is 18.1. The maximum Gasteiger partial charge on any atom is 0.203 e. The van der Waals surface area contributed by atoms with Crippen LogP contribution in [0.1, 0.15) is 0 Å². The van der Waals surface area contributed by atoms with Crippen molar-refractivity contribution in [2.75, 3.05) is 0 Å². The molecule has 0 spiro atoms. The van der Waals surface area contributed by atoms with Gasteiger partial charge in [0.05, 0.1) is 0 Å². The molecule has 0 radical (unpaired) electrons. The van der Waals surface area contributed by atoms with Crippen molar-refractivity contribution in [3.05, 3.63) is 56.9 Å². The molecule has 4 aromatic heterocycles. The van der Waals surface area contributed by atoms with Crippen LogP contribution in [0.15, 0.2) is 42.9 Å². The van der Waals surface area contributed by atoms with E-state index in [2.05, 4.69) is 28.7 Å². The molecule has 0 bridgehead atoms. The van der Waals surface area contributed by atoms with Gasteiger partial charge in [0, 0.05) is 29.7 Å². The van der Waals surface area contributed by atoms with Crippen LogP contribution in [-0.2, 0) is 0 Å². The lowest BCUT2D eigenvalue weighted by Gasteiger charge is -1.93. The Bertz CT molecular complexity index is 960. The van der Waals surface area contributed by atoms with Crippen molar-refractivity contribution in [2.45, 2.75) is 0 Å². The molecular formula is C14H7Cl3N6S2. The fourth-order valence-corrected chi connectivity index (χ4v) is 3.10. The van der Waals surface area contributed by atoms with Crippen molar-refractivity contribution < 1.29 is 0 Å². The first-order valence-corrected chi connectivity index (χ1v) is 9.30. The molecule has 6 nitrogen and oxygen atoms in total. The van der Waals surface area contributed by atoms with Gasteiger partial charge in [-0.05, 0) is 70.5 Å². The van der Waals surface area contributed by atoms with Crippen LogP contribution in [0.25, 0.3) is 22.8 Å². The Morgan fingerprint density at radius 2 is 1.28 bits per heavy atom. The standard InChI is InChI=1S/C7H3Cl2N3S.C7H4ClN3S/c8-5-3-4(1-2-10-5)6-11-7(9)13-12-6;8-7-10-6(11-12-7)5-1-3-9-4-2-5/h1-3H;1-4H. The fraction of sp³-hybridized carbons (Fsp3) is 0. The van der Waals surface area contributed by atoms with E-state index in [9.17, 15) is 0 Å². The number of rotatable bonds is 2. The van der Waals surface area contributed by atoms with E-state index in [1.807, 2.05) is 12.1 Å². The first-order chi connectivity index (χ1) is 12.1. The SMILES string of the molecule is Clc1cc(-c2nsc(Cl)n2)ccn1.Clc1nc(-c2ccncc2)ns1. The van der Waals surface area contributed by atoms with Crippen molar-refractivity contribution in [3.8, 4) is 22.8 Å². The summed E-state index contributed by atoms with van der Waals surface area (Å²) in [5, 5.41) is 0.420. The third-order valence-corrected chi connectivity index (χ3v) is 4.53. The number of aromatic nitrogens is 6. The molecule has 11 heteroatoms. The molecule has 4 heterocycles. The van der Waals surface area contributed by atoms with Gasteiger partial charge in [0.25, 0.3) is 0 Å². The number of hydrogen-bond acceptors (Lipinski definition) is 8. The van der Waals surface area contributed by atoms with Crippen molar-refractivity contribution in [2.24, 2.45) is 0 Å². The number of halogens is 3. The summed E-state index contributed by atoms with van der Waals surface area (Å²) in [7, 11) is 0. The third-order valence-electron chi connectivity index (χ3n) is 2.73. The van der Waals surface area contributed by atoms with Crippen LogP contribution in [0.2, 0.25) is 14.1 Å². The molecule has 0 aromatic carbocycles. The van der Waals surface area contributed by atoms with Gasteiger partial charge < -0.3 is 0 Å². The van der Waals surface area contributed by atoms with E-state index in [0.29, 0.717) is 25.7 Å². The van der Waals surface area contributed by atoms with Crippen molar-refractivity contribution in [1.29, 1.82) is 0 Å². The Morgan fingerprint density at radius 1 is 0.720 bits per heavy atom. The van der Waals surface area contributed by atoms with Gasteiger partial charge >= 0.3 is 0 Å². The average Bonchev–Trinajstić information content (AvgIpc) is 3.25. The van der Waals surface area contributed by atoms with Crippen LogP contribution in [0.5, 0.6) is 0 Å². The van der Waals surface area contributed by atoms with Gasteiger partial charge in [-0.25, -0.2) is 15.0 Å². The molecule has 0 aliphatic carbocycles. The fourth-order valence-electron chi connectivity index (χ4n) is 1.69. The largest absolute Gasteiger partial charge is 0.265 e. The lowest BCUT2D eigenvalue weighted by Crippen LogP contribution is -1.81. The zero-order valence-corrected chi connectivity index (χ0v) is 16.1. The topological polar surface area (TPSA) is 77.3 Å². The zero-order chi connectivity index (χ0) is 17.6. The van der Waals surface area contributed by atoms with Crippen LogP contribution in [0.4, 0.5) is 0 Å². The normalized spacial score (nSPS) is 10.2. The van der Waals surface area contributed by atoms with Gasteiger partial charge in [-0.2, -0.15) is 8.75 Å². The van der Waals surface area contributed by atoms with E-state index in [-0.39, 0.29) is 0 Å². The Balaban J connectivity index is 0.000000146. The lowest BCUT2D eigenvalue weighted by molar-refractivity contribution is 1.28. The van der Waals surface area contributed by atoms with Gasteiger partial charge in [0.1, 0.15) is 5.15 Å². The van der Waals surface area contributed by atoms with Gasteiger partial charge in [-0.15, -0.1) is 0 Å². The molecule has 4 rings (SSSR count). The summed E-state index contributed by atoms with van der Waals surface area (Å²) in [4.78, 5) is 15.8. The van der Waals surface area contributed by atoms with Gasteiger partial charge in [-0.3, -0.25) is 4.98 Å². The Kier molecular flexibility index (Phi) is 6.22. The smallest absolute Gasteiger partial charge is 0.203 e. The minimum Gasteiger partial charge on any atom is -0.265 e.